The molecule has 2 aromatic rings. The second-order valence-corrected chi connectivity index (χ2v) is 5.64. The van der Waals surface area contributed by atoms with Gasteiger partial charge in [-0.3, -0.25) is 4.79 Å². The molecule has 0 aliphatic carbocycles. The van der Waals surface area contributed by atoms with Crippen molar-refractivity contribution in [3.63, 3.8) is 0 Å². The maximum atomic E-state index is 12.1. The summed E-state index contributed by atoms with van der Waals surface area (Å²) >= 11 is 0. The molecule has 1 heterocycles. The monoisotopic (exact) mass is 293 g/mol. The van der Waals surface area contributed by atoms with Crippen molar-refractivity contribution in [3.8, 4) is 0 Å². The summed E-state index contributed by atoms with van der Waals surface area (Å²) in [6.45, 7) is 2.43. The van der Waals surface area contributed by atoms with E-state index in [1.807, 2.05) is 36.4 Å². The van der Waals surface area contributed by atoms with E-state index in [1.54, 1.807) is 0 Å². The quantitative estimate of drug-likeness (QED) is 0.888. The molecule has 1 atom stereocenters. The summed E-state index contributed by atoms with van der Waals surface area (Å²) < 4.78 is 0. The van der Waals surface area contributed by atoms with Crippen LogP contribution < -0.4 is 10.2 Å². The van der Waals surface area contributed by atoms with Crippen LogP contribution in [0.5, 0.6) is 0 Å². The first kappa shape index (κ1) is 14.5. The number of carbonyl (C=O) groups excluding carboxylic acids is 1. The van der Waals surface area contributed by atoms with Crippen molar-refractivity contribution in [3.05, 3.63) is 72.3 Å². The number of nitrogens with one attached hydrogen (secondary N) is 2. The van der Waals surface area contributed by atoms with Crippen LogP contribution in [-0.4, -0.2) is 25.5 Å². The normalized spacial score (nSPS) is 17.6. The van der Waals surface area contributed by atoms with Gasteiger partial charge < -0.3 is 10.2 Å². The highest BCUT2D eigenvalue weighted by Gasteiger charge is 2.18. The highest BCUT2D eigenvalue weighted by molar-refractivity contribution is 5.91. The lowest BCUT2D eigenvalue weighted by atomic mass is 10.00. The molecule has 0 saturated heterocycles. The summed E-state index contributed by atoms with van der Waals surface area (Å²) in [5.41, 5.74) is 3.56. The lowest BCUT2D eigenvalue weighted by Crippen LogP contribution is -3.13. The van der Waals surface area contributed by atoms with Crippen molar-refractivity contribution >= 4 is 17.2 Å². The zero-order valence-electron chi connectivity index (χ0n) is 12.6. The Morgan fingerprint density at radius 3 is 2.32 bits per heavy atom. The molecular formula is C19H21N2O+. The third-order valence-electron chi connectivity index (χ3n) is 4.00. The molecule has 3 heteroatoms. The minimum Gasteiger partial charge on any atom is -0.324 e. The van der Waals surface area contributed by atoms with Crippen LogP contribution in [0.25, 0.3) is 5.57 Å². The van der Waals surface area contributed by atoms with Crippen molar-refractivity contribution < 1.29 is 9.69 Å². The van der Waals surface area contributed by atoms with Gasteiger partial charge in [-0.15, -0.1) is 0 Å². The number of rotatable bonds is 4. The molecule has 0 saturated carbocycles. The fraction of sp³-hybridized carbons (Fsp3) is 0.211. The van der Waals surface area contributed by atoms with Gasteiger partial charge in [0.1, 0.15) is 0 Å². The van der Waals surface area contributed by atoms with Crippen LogP contribution in [0.2, 0.25) is 0 Å². The lowest BCUT2D eigenvalue weighted by molar-refractivity contribution is -0.886. The van der Waals surface area contributed by atoms with E-state index in [2.05, 4.69) is 35.7 Å². The number of quaternary nitrogens is 1. The molecule has 112 valence electrons. The van der Waals surface area contributed by atoms with Gasteiger partial charge in [0.05, 0.1) is 13.1 Å². The Morgan fingerprint density at radius 1 is 1.00 bits per heavy atom. The van der Waals surface area contributed by atoms with Crippen LogP contribution in [0.4, 0.5) is 5.69 Å². The first-order valence-corrected chi connectivity index (χ1v) is 7.74. The van der Waals surface area contributed by atoms with E-state index in [0.717, 1.165) is 25.2 Å². The van der Waals surface area contributed by atoms with Gasteiger partial charge in [0.15, 0.2) is 6.54 Å². The number of carbonyl (C=O) groups is 1. The highest BCUT2D eigenvalue weighted by atomic mass is 16.2. The zero-order valence-corrected chi connectivity index (χ0v) is 12.6. The van der Waals surface area contributed by atoms with Crippen molar-refractivity contribution in [1.82, 2.24) is 0 Å². The van der Waals surface area contributed by atoms with E-state index >= 15 is 0 Å². The van der Waals surface area contributed by atoms with Gasteiger partial charge in [0.2, 0.25) is 0 Å². The molecule has 3 rings (SSSR count). The third kappa shape index (κ3) is 3.83. The van der Waals surface area contributed by atoms with Gasteiger partial charge in [-0.2, -0.15) is 0 Å². The molecular weight excluding hydrogens is 272 g/mol. The van der Waals surface area contributed by atoms with Crippen molar-refractivity contribution in [1.29, 1.82) is 0 Å². The van der Waals surface area contributed by atoms with Gasteiger partial charge in [-0.05, 0) is 29.3 Å². The molecule has 0 aromatic heterocycles. The number of anilines is 1. The van der Waals surface area contributed by atoms with Crippen LogP contribution >= 0.6 is 0 Å². The van der Waals surface area contributed by atoms with E-state index in [-0.39, 0.29) is 5.91 Å². The molecule has 1 aliphatic rings. The van der Waals surface area contributed by atoms with Crippen LogP contribution in [0.1, 0.15) is 12.0 Å². The first-order chi connectivity index (χ1) is 10.8. The van der Waals surface area contributed by atoms with Crippen molar-refractivity contribution in [2.24, 2.45) is 0 Å². The topological polar surface area (TPSA) is 33.5 Å². The van der Waals surface area contributed by atoms with Gasteiger partial charge in [-0.25, -0.2) is 0 Å². The molecule has 0 fully saturated rings. The second-order valence-electron chi connectivity index (χ2n) is 5.64. The Balaban J connectivity index is 1.53. The van der Waals surface area contributed by atoms with E-state index in [4.69, 9.17) is 0 Å². The summed E-state index contributed by atoms with van der Waals surface area (Å²) in [7, 11) is 0. The van der Waals surface area contributed by atoms with E-state index in [0.29, 0.717) is 6.54 Å². The maximum Gasteiger partial charge on any atom is 0.279 e. The Morgan fingerprint density at radius 2 is 1.68 bits per heavy atom. The number of benzene rings is 2. The molecule has 22 heavy (non-hydrogen) atoms. The molecule has 1 unspecified atom stereocenters. The summed E-state index contributed by atoms with van der Waals surface area (Å²) in [5.74, 6) is 0.0813. The van der Waals surface area contributed by atoms with Crippen LogP contribution in [0, 0.1) is 0 Å². The third-order valence-corrected chi connectivity index (χ3v) is 4.00. The predicted octanol–water partition coefficient (Wildman–Crippen LogP) is 2.00. The molecule has 3 nitrogen and oxygen atoms in total. The molecule has 0 bridgehead atoms. The molecule has 2 N–H and O–H groups in total. The van der Waals surface area contributed by atoms with Gasteiger partial charge in [0, 0.05) is 12.1 Å². The van der Waals surface area contributed by atoms with Gasteiger partial charge in [0.25, 0.3) is 5.91 Å². The minimum absolute atomic E-state index is 0.0813. The average molecular weight is 293 g/mol. The Labute approximate surface area is 131 Å². The van der Waals surface area contributed by atoms with E-state index in [1.165, 1.54) is 16.0 Å². The molecule has 2 aromatic carbocycles. The Kier molecular flexibility index (Phi) is 4.66. The second kappa shape index (κ2) is 7.05. The maximum absolute atomic E-state index is 12.1. The average Bonchev–Trinajstić information content (AvgIpc) is 2.57. The lowest BCUT2D eigenvalue weighted by Gasteiger charge is -2.23. The Hall–Kier alpha value is -2.39. The Bertz CT molecular complexity index is 650. The van der Waals surface area contributed by atoms with Crippen molar-refractivity contribution in [2.45, 2.75) is 6.42 Å². The summed E-state index contributed by atoms with van der Waals surface area (Å²) in [4.78, 5) is 13.4. The fourth-order valence-corrected chi connectivity index (χ4v) is 2.81. The van der Waals surface area contributed by atoms with E-state index < -0.39 is 0 Å². The first-order valence-electron chi connectivity index (χ1n) is 7.74. The number of hydrogen-bond donors (Lipinski definition) is 2. The van der Waals surface area contributed by atoms with E-state index in [9.17, 15) is 4.79 Å². The van der Waals surface area contributed by atoms with Crippen molar-refractivity contribution in [2.75, 3.05) is 25.0 Å². The summed E-state index contributed by atoms with van der Waals surface area (Å²) in [6, 6.07) is 20.1. The molecule has 0 spiro atoms. The number of amides is 1. The molecule has 1 aliphatic heterocycles. The predicted molar refractivity (Wildman–Crippen MR) is 89.7 cm³/mol. The summed E-state index contributed by atoms with van der Waals surface area (Å²) in [6.07, 6.45) is 3.29. The minimum atomic E-state index is 0.0813. The van der Waals surface area contributed by atoms with Crippen LogP contribution in [0.15, 0.2) is 66.7 Å². The number of hydrogen-bond acceptors (Lipinski definition) is 1. The fourth-order valence-electron chi connectivity index (χ4n) is 2.81. The molecule has 0 radical (unpaired) electrons. The zero-order chi connectivity index (χ0) is 15.2. The number of para-hydroxylation sites is 1. The van der Waals surface area contributed by atoms with Crippen LogP contribution in [-0.2, 0) is 4.79 Å². The molecule has 1 amide bonds. The van der Waals surface area contributed by atoms with Crippen LogP contribution in [0.3, 0.4) is 0 Å². The SMILES string of the molecule is O=C(C[NH+]1CC=C(c2ccccc2)CC1)Nc1ccccc1. The van der Waals surface area contributed by atoms with Gasteiger partial charge in [-0.1, -0.05) is 48.5 Å². The smallest absolute Gasteiger partial charge is 0.279 e. The largest absolute Gasteiger partial charge is 0.324 e. The standard InChI is InChI=1S/C19H20N2O/c22-19(20-18-9-5-2-6-10-18)15-21-13-11-17(12-14-21)16-7-3-1-4-8-16/h1-11H,12-15H2,(H,20,22)/p+1. The van der Waals surface area contributed by atoms with Gasteiger partial charge >= 0.3 is 0 Å². The highest BCUT2D eigenvalue weighted by Crippen LogP contribution is 2.17. The summed E-state index contributed by atoms with van der Waals surface area (Å²) in [5, 5.41) is 2.95.